The number of benzene rings is 3. The maximum atomic E-state index is 11.9. The summed E-state index contributed by atoms with van der Waals surface area (Å²) in [5, 5.41) is 6.07. The molecule has 25 heavy (non-hydrogen) atoms. The molecule has 3 nitrogen and oxygen atoms in total. The normalized spacial score (nSPS) is 12.1. The van der Waals surface area contributed by atoms with Gasteiger partial charge in [0, 0.05) is 12.6 Å². The number of fused-ring (bicyclic) bond motifs is 1. The molecule has 0 aliphatic carbocycles. The van der Waals surface area contributed by atoms with E-state index in [0.29, 0.717) is 18.7 Å². The van der Waals surface area contributed by atoms with E-state index in [0.717, 1.165) is 5.56 Å². The van der Waals surface area contributed by atoms with Crippen LogP contribution < -0.4 is 5.32 Å². The molecule has 3 heteroatoms. The van der Waals surface area contributed by atoms with Crippen LogP contribution in [-0.4, -0.2) is 12.6 Å². The van der Waals surface area contributed by atoms with Crippen molar-refractivity contribution in [3.63, 3.8) is 0 Å². The molecule has 0 aliphatic rings. The summed E-state index contributed by atoms with van der Waals surface area (Å²) in [7, 11) is 0. The Labute approximate surface area is 148 Å². The zero-order chi connectivity index (χ0) is 17.6. The molecule has 0 fully saturated rings. The Hall–Kier alpha value is -2.65. The topological polar surface area (TPSA) is 38.3 Å². The summed E-state index contributed by atoms with van der Waals surface area (Å²) in [5.74, 6) is -0.272. The minimum atomic E-state index is -0.272. The predicted molar refractivity (Wildman–Crippen MR) is 102 cm³/mol. The summed E-state index contributed by atoms with van der Waals surface area (Å²) in [4.78, 5) is 11.9. The summed E-state index contributed by atoms with van der Waals surface area (Å²) in [6.45, 7) is 5.06. The van der Waals surface area contributed by atoms with Crippen LogP contribution in [0.1, 0.15) is 41.4 Å². The van der Waals surface area contributed by atoms with Crippen LogP contribution in [0.4, 0.5) is 0 Å². The minimum Gasteiger partial charge on any atom is -0.462 e. The maximum absolute atomic E-state index is 11.9. The van der Waals surface area contributed by atoms with Crippen LogP contribution >= 0.6 is 0 Å². The van der Waals surface area contributed by atoms with Crippen molar-refractivity contribution in [2.24, 2.45) is 0 Å². The van der Waals surface area contributed by atoms with Crippen LogP contribution in [0, 0.1) is 0 Å². The molecular formula is C22H23NO2. The van der Waals surface area contributed by atoms with E-state index in [2.05, 4.69) is 54.7 Å². The van der Waals surface area contributed by atoms with Gasteiger partial charge in [0.05, 0.1) is 12.2 Å². The lowest BCUT2D eigenvalue weighted by Gasteiger charge is -2.17. The van der Waals surface area contributed by atoms with Crippen molar-refractivity contribution >= 4 is 16.7 Å². The van der Waals surface area contributed by atoms with E-state index in [1.807, 2.05) is 25.1 Å². The van der Waals surface area contributed by atoms with Gasteiger partial charge >= 0.3 is 5.97 Å². The fourth-order valence-corrected chi connectivity index (χ4v) is 3.03. The SMILES string of the molecule is CCOC(=O)c1cccc(CN[C@H](C)c2cccc3ccccc23)c1. The van der Waals surface area contributed by atoms with E-state index in [9.17, 15) is 4.79 Å². The number of hydrogen-bond donors (Lipinski definition) is 1. The number of ether oxygens (including phenoxy) is 1. The van der Waals surface area contributed by atoms with Gasteiger partial charge in [-0.3, -0.25) is 0 Å². The predicted octanol–water partition coefficient (Wildman–Crippen LogP) is 4.87. The molecule has 3 aromatic rings. The Morgan fingerprint density at radius 3 is 2.64 bits per heavy atom. The molecule has 0 radical (unpaired) electrons. The number of rotatable bonds is 6. The highest BCUT2D eigenvalue weighted by Crippen LogP contribution is 2.24. The Balaban J connectivity index is 1.73. The zero-order valence-corrected chi connectivity index (χ0v) is 14.7. The molecule has 0 heterocycles. The van der Waals surface area contributed by atoms with Gasteiger partial charge in [-0.25, -0.2) is 4.79 Å². The van der Waals surface area contributed by atoms with Crippen molar-refractivity contribution in [3.05, 3.63) is 83.4 Å². The molecule has 0 bridgehead atoms. The van der Waals surface area contributed by atoms with Gasteiger partial charge < -0.3 is 10.1 Å². The van der Waals surface area contributed by atoms with Crippen LogP contribution in [0.3, 0.4) is 0 Å². The Bertz CT molecular complexity index is 867. The fourth-order valence-electron chi connectivity index (χ4n) is 3.03. The summed E-state index contributed by atoms with van der Waals surface area (Å²) in [5.41, 5.74) is 2.94. The number of carbonyl (C=O) groups is 1. The van der Waals surface area contributed by atoms with Gasteiger partial charge in [0.2, 0.25) is 0 Å². The molecule has 0 amide bonds. The lowest BCUT2D eigenvalue weighted by molar-refractivity contribution is 0.0526. The molecule has 0 aromatic heterocycles. The van der Waals surface area contributed by atoms with Gasteiger partial charge in [-0.2, -0.15) is 0 Å². The highest BCUT2D eigenvalue weighted by Gasteiger charge is 2.10. The summed E-state index contributed by atoms with van der Waals surface area (Å²) in [6, 6.07) is 22.6. The standard InChI is InChI=1S/C22H23NO2/c1-3-25-22(24)19-11-6-8-17(14-19)15-23-16(2)20-13-7-10-18-9-4-5-12-21(18)20/h4-14,16,23H,3,15H2,1-2H3/t16-/m1/s1. The first kappa shape index (κ1) is 17.2. The van der Waals surface area contributed by atoms with Crippen LogP contribution in [0.2, 0.25) is 0 Å². The van der Waals surface area contributed by atoms with Crippen LogP contribution in [-0.2, 0) is 11.3 Å². The third kappa shape index (κ3) is 4.06. The van der Waals surface area contributed by atoms with E-state index < -0.39 is 0 Å². The average Bonchev–Trinajstić information content (AvgIpc) is 2.66. The second-order valence-corrected chi connectivity index (χ2v) is 6.09. The van der Waals surface area contributed by atoms with E-state index in [1.165, 1.54) is 16.3 Å². The largest absolute Gasteiger partial charge is 0.462 e. The fraction of sp³-hybridized carbons (Fsp3) is 0.227. The average molecular weight is 333 g/mol. The molecule has 0 aliphatic heterocycles. The van der Waals surface area contributed by atoms with E-state index in [1.54, 1.807) is 6.07 Å². The van der Waals surface area contributed by atoms with E-state index >= 15 is 0 Å². The second-order valence-electron chi connectivity index (χ2n) is 6.09. The van der Waals surface area contributed by atoms with Crippen LogP contribution in [0.15, 0.2) is 66.7 Å². The monoisotopic (exact) mass is 333 g/mol. The highest BCUT2D eigenvalue weighted by atomic mass is 16.5. The van der Waals surface area contributed by atoms with Gasteiger partial charge in [0.1, 0.15) is 0 Å². The Morgan fingerprint density at radius 1 is 1.04 bits per heavy atom. The first-order valence-corrected chi connectivity index (χ1v) is 8.66. The van der Waals surface area contributed by atoms with Crippen molar-refractivity contribution in [1.29, 1.82) is 0 Å². The lowest BCUT2D eigenvalue weighted by atomic mass is 9.99. The zero-order valence-electron chi connectivity index (χ0n) is 14.7. The molecule has 1 N–H and O–H groups in total. The van der Waals surface area contributed by atoms with Crippen molar-refractivity contribution < 1.29 is 9.53 Å². The molecule has 0 unspecified atom stereocenters. The van der Waals surface area contributed by atoms with Crippen molar-refractivity contribution in [1.82, 2.24) is 5.32 Å². The Morgan fingerprint density at radius 2 is 1.80 bits per heavy atom. The van der Waals surface area contributed by atoms with E-state index in [-0.39, 0.29) is 12.0 Å². The third-order valence-corrected chi connectivity index (χ3v) is 4.34. The number of esters is 1. The van der Waals surface area contributed by atoms with E-state index in [4.69, 9.17) is 4.74 Å². The summed E-state index contributed by atoms with van der Waals surface area (Å²) in [6.07, 6.45) is 0. The maximum Gasteiger partial charge on any atom is 0.338 e. The van der Waals surface area contributed by atoms with Crippen molar-refractivity contribution in [2.45, 2.75) is 26.4 Å². The molecule has 3 aromatic carbocycles. The molecule has 1 atom stereocenters. The quantitative estimate of drug-likeness (QED) is 0.654. The number of nitrogens with one attached hydrogen (secondary N) is 1. The molecular weight excluding hydrogens is 310 g/mol. The first-order chi connectivity index (χ1) is 12.2. The molecule has 0 saturated heterocycles. The smallest absolute Gasteiger partial charge is 0.338 e. The summed E-state index contributed by atoms with van der Waals surface area (Å²) >= 11 is 0. The van der Waals surface area contributed by atoms with Gasteiger partial charge in [-0.15, -0.1) is 0 Å². The number of carbonyl (C=O) groups excluding carboxylic acids is 1. The molecule has 0 spiro atoms. The lowest BCUT2D eigenvalue weighted by Crippen LogP contribution is -2.18. The van der Waals surface area contributed by atoms with Crippen LogP contribution in [0.5, 0.6) is 0 Å². The minimum absolute atomic E-state index is 0.206. The summed E-state index contributed by atoms with van der Waals surface area (Å²) < 4.78 is 5.07. The number of hydrogen-bond acceptors (Lipinski definition) is 3. The van der Waals surface area contributed by atoms with Gasteiger partial charge in [-0.1, -0.05) is 54.6 Å². The highest BCUT2D eigenvalue weighted by molar-refractivity contribution is 5.89. The van der Waals surface area contributed by atoms with Crippen LogP contribution in [0.25, 0.3) is 10.8 Å². The van der Waals surface area contributed by atoms with Gasteiger partial charge in [-0.05, 0) is 47.9 Å². The van der Waals surface area contributed by atoms with Crippen molar-refractivity contribution in [2.75, 3.05) is 6.61 Å². The molecule has 128 valence electrons. The van der Waals surface area contributed by atoms with Gasteiger partial charge in [0.15, 0.2) is 0 Å². The molecule has 3 rings (SSSR count). The second kappa shape index (κ2) is 7.95. The van der Waals surface area contributed by atoms with Crippen molar-refractivity contribution in [3.8, 4) is 0 Å². The Kier molecular flexibility index (Phi) is 5.46. The van der Waals surface area contributed by atoms with Gasteiger partial charge in [0.25, 0.3) is 0 Å². The molecule has 0 saturated carbocycles. The first-order valence-electron chi connectivity index (χ1n) is 8.66. The third-order valence-electron chi connectivity index (χ3n) is 4.34.